The van der Waals surface area contributed by atoms with Crippen molar-refractivity contribution in [2.24, 2.45) is 0 Å². The van der Waals surface area contributed by atoms with Crippen molar-refractivity contribution >= 4 is 32.6 Å². The van der Waals surface area contributed by atoms with Gasteiger partial charge in [-0.2, -0.15) is 0 Å². The summed E-state index contributed by atoms with van der Waals surface area (Å²) in [5, 5.41) is 0.690. The molecule has 0 bridgehead atoms. The number of hydrogen-bond donors (Lipinski definition) is 1. The van der Waals surface area contributed by atoms with Crippen LogP contribution in [-0.4, -0.2) is 50.3 Å². The number of fused-ring (bicyclic) bond motifs is 1. The van der Waals surface area contributed by atoms with Crippen molar-refractivity contribution < 1.29 is 18.8 Å². The van der Waals surface area contributed by atoms with Crippen molar-refractivity contribution in [3.63, 3.8) is 0 Å². The Morgan fingerprint density at radius 1 is 1.21 bits per heavy atom. The second-order valence-corrected chi connectivity index (χ2v) is 8.24. The average molecular weight is 415 g/mol. The summed E-state index contributed by atoms with van der Waals surface area (Å²) in [5.74, 6) is -0.495. The molecule has 1 aromatic heterocycles. The van der Waals surface area contributed by atoms with Crippen LogP contribution in [0.15, 0.2) is 42.5 Å². The van der Waals surface area contributed by atoms with Crippen LogP contribution in [0.3, 0.4) is 0 Å². The summed E-state index contributed by atoms with van der Waals surface area (Å²) in [6.45, 7) is 6.90. The Labute approximate surface area is 173 Å². The number of hydrogen-bond acceptors (Lipinski definition) is 4. The van der Waals surface area contributed by atoms with Gasteiger partial charge in [-0.05, 0) is 48.4 Å². The lowest BCUT2D eigenvalue weighted by Gasteiger charge is -2.26. The normalized spacial score (nSPS) is 15.0. The molecule has 0 spiro atoms. The highest BCUT2D eigenvalue weighted by molar-refractivity contribution is 7.22. The number of benzene rings is 2. The molecular weight excluding hydrogens is 389 g/mol. The molecule has 1 N–H and O–H groups in total. The van der Waals surface area contributed by atoms with Crippen molar-refractivity contribution in [2.75, 3.05) is 44.3 Å². The number of nitrogens with one attached hydrogen (secondary N) is 1. The number of anilines is 1. The molecule has 0 aliphatic carbocycles. The van der Waals surface area contributed by atoms with Crippen LogP contribution in [0.4, 0.5) is 9.52 Å². The fourth-order valence-corrected chi connectivity index (χ4v) is 4.56. The van der Waals surface area contributed by atoms with Gasteiger partial charge in [-0.15, -0.1) is 0 Å². The monoisotopic (exact) mass is 414 g/mol. The Morgan fingerprint density at radius 3 is 2.69 bits per heavy atom. The first-order chi connectivity index (χ1) is 14.1. The highest BCUT2D eigenvalue weighted by Crippen LogP contribution is 2.30. The molecule has 0 atom stereocenters. The zero-order chi connectivity index (χ0) is 20.2. The lowest BCUT2D eigenvalue weighted by Crippen LogP contribution is -3.14. The van der Waals surface area contributed by atoms with E-state index in [-0.39, 0.29) is 11.7 Å². The molecular formula is C22H25FN3O2S+. The van der Waals surface area contributed by atoms with Gasteiger partial charge >= 0.3 is 0 Å². The number of halogens is 1. The molecule has 1 aliphatic rings. The average Bonchev–Trinajstić information content (AvgIpc) is 3.17. The van der Waals surface area contributed by atoms with E-state index in [2.05, 4.69) is 19.1 Å². The molecule has 3 aromatic rings. The molecule has 29 heavy (non-hydrogen) atoms. The third kappa shape index (κ3) is 4.63. The first kappa shape index (κ1) is 19.9. The lowest BCUT2D eigenvalue weighted by atomic mass is 10.2. The number of ether oxygens (including phenoxy) is 1. The van der Waals surface area contributed by atoms with E-state index in [1.807, 2.05) is 6.07 Å². The number of nitrogens with zero attached hydrogens (tertiary/aromatic N) is 2. The predicted octanol–water partition coefficient (Wildman–Crippen LogP) is 2.56. The first-order valence-electron chi connectivity index (χ1n) is 10.0. The van der Waals surface area contributed by atoms with Crippen molar-refractivity contribution in [3.05, 3.63) is 59.4 Å². The Morgan fingerprint density at radius 2 is 1.97 bits per heavy atom. The fraction of sp³-hybridized carbons (Fsp3) is 0.364. The van der Waals surface area contributed by atoms with E-state index in [0.29, 0.717) is 17.2 Å². The summed E-state index contributed by atoms with van der Waals surface area (Å²) in [6, 6.07) is 12.0. The van der Waals surface area contributed by atoms with Crippen LogP contribution >= 0.6 is 11.3 Å². The van der Waals surface area contributed by atoms with Gasteiger partial charge in [0.25, 0.3) is 5.91 Å². The highest BCUT2D eigenvalue weighted by atomic mass is 32.1. The third-order valence-corrected chi connectivity index (χ3v) is 6.35. The second kappa shape index (κ2) is 8.98. The number of quaternary nitrogens is 1. The zero-order valence-corrected chi connectivity index (χ0v) is 17.3. The Balaban J connectivity index is 1.63. The first-order valence-corrected chi connectivity index (χ1v) is 10.8. The maximum atomic E-state index is 13.3. The van der Waals surface area contributed by atoms with E-state index >= 15 is 0 Å². The van der Waals surface area contributed by atoms with Crippen LogP contribution in [0.2, 0.25) is 0 Å². The quantitative estimate of drug-likeness (QED) is 0.674. The van der Waals surface area contributed by atoms with E-state index in [1.165, 1.54) is 46.1 Å². The van der Waals surface area contributed by atoms with E-state index in [1.54, 1.807) is 4.90 Å². The van der Waals surface area contributed by atoms with Gasteiger partial charge in [0.1, 0.15) is 18.9 Å². The van der Waals surface area contributed by atoms with Gasteiger partial charge < -0.3 is 9.64 Å². The molecule has 2 aromatic carbocycles. The predicted molar refractivity (Wildman–Crippen MR) is 113 cm³/mol. The standard InChI is InChI=1S/C22H24FN3O2S/c1-2-16-3-8-19-20(15-16)29-22(24-19)26(10-9-25-11-13-28-14-12-25)21(27)17-4-6-18(23)7-5-17/h3-8,15H,2,9-14H2,1H3/p+1. The third-order valence-electron chi connectivity index (χ3n) is 5.31. The Hall–Kier alpha value is -2.35. The van der Waals surface area contributed by atoms with Crippen molar-refractivity contribution in [1.82, 2.24) is 4.98 Å². The maximum Gasteiger partial charge on any atom is 0.260 e. The van der Waals surface area contributed by atoms with Gasteiger partial charge in [-0.3, -0.25) is 9.69 Å². The van der Waals surface area contributed by atoms with Crippen LogP contribution in [-0.2, 0) is 11.2 Å². The van der Waals surface area contributed by atoms with Crippen LogP contribution in [0.25, 0.3) is 10.2 Å². The second-order valence-electron chi connectivity index (χ2n) is 7.23. The molecule has 1 aliphatic heterocycles. The van der Waals surface area contributed by atoms with Crippen molar-refractivity contribution in [3.8, 4) is 0 Å². The minimum Gasteiger partial charge on any atom is -0.370 e. The van der Waals surface area contributed by atoms with Crippen LogP contribution in [0.5, 0.6) is 0 Å². The molecule has 7 heteroatoms. The van der Waals surface area contributed by atoms with E-state index in [0.717, 1.165) is 49.5 Å². The molecule has 5 nitrogen and oxygen atoms in total. The number of thiazole rings is 1. The minimum absolute atomic E-state index is 0.146. The summed E-state index contributed by atoms with van der Waals surface area (Å²) in [7, 11) is 0. The number of aromatic nitrogens is 1. The number of morpholine rings is 1. The maximum absolute atomic E-state index is 13.3. The van der Waals surface area contributed by atoms with Gasteiger partial charge in [0.15, 0.2) is 5.13 Å². The summed E-state index contributed by atoms with van der Waals surface area (Å²) in [6.07, 6.45) is 0.960. The molecule has 152 valence electrons. The Kier molecular flexibility index (Phi) is 6.18. The van der Waals surface area contributed by atoms with Crippen molar-refractivity contribution in [2.45, 2.75) is 13.3 Å². The number of aryl methyl sites for hydroxylation is 1. The number of rotatable bonds is 6. The van der Waals surface area contributed by atoms with Gasteiger partial charge in [-0.25, -0.2) is 9.37 Å². The topological polar surface area (TPSA) is 46.9 Å². The number of carbonyl (C=O) groups is 1. The summed E-state index contributed by atoms with van der Waals surface area (Å²) >= 11 is 1.53. The van der Waals surface area contributed by atoms with Gasteiger partial charge in [0, 0.05) is 5.56 Å². The van der Waals surface area contributed by atoms with Gasteiger partial charge in [-0.1, -0.05) is 24.3 Å². The molecule has 1 amide bonds. The molecule has 0 radical (unpaired) electrons. The van der Waals surface area contributed by atoms with Crippen LogP contribution in [0, 0.1) is 5.82 Å². The fourth-order valence-electron chi connectivity index (χ4n) is 3.50. The van der Waals surface area contributed by atoms with Crippen LogP contribution in [0.1, 0.15) is 22.8 Å². The summed E-state index contributed by atoms with van der Waals surface area (Å²) < 4.78 is 19.8. The van der Waals surface area contributed by atoms with Gasteiger partial charge in [0.2, 0.25) is 0 Å². The van der Waals surface area contributed by atoms with Crippen LogP contribution < -0.4 is 9.80 Å². The van der Waals surface area contributed by atoms with Crippen molar-refractivity contribution in [1.29, 1.82) is 0 Å². The lowest BCUT2D eigenvalue weighted by molar-refractivity contribution is -0.906. The van der Waals surface area contributed by atoms with E-state index < -0.39 is 0 Å². The molecule has 2 heterocycles. The molecule has 0 unspecified atom stereocenters. The SMILES string of the molecule is CCc1ccc2nc(N(CC[NH+]3CCOCC3)C(=O)c3ccc(F)cc3)sc2c1. The molecule has 1 saturated heterocycles. The summed E-state index contributed by atoms with van der Waals surface area (Å²) in [5.41, 5.74) is 2.62. The van der Waals surface area contributed by atoms with E-state index in [4.69, 9.17) is 9.72 Å². The van der Waals surface area contributed by atoms with Gasteiger partial charge in [0.05, 0.1) is 36.5 Å². The zero-order valence-electron chi connectivity index (χ0n) is 16.5. The number of carbonyl (C=O) groups excluding carboxylic acids is 1. The smallest absolute Gasteiger partial charge is 0.260 e. The largest absolute Gasteiger partial charge is 0.370 e. The summed E-state index contributed by atoms with van der Waals surface area (Å²) in [4.78, 5) is 21.2. The molecule has 1 fully saturated rings. The number of amides is 1. The molecule has 0 saturated carbocycles. The molecule has 4 rings (SSSR count). The highest BCUT2D eigenvalue weighted by Gasteiger charge is 2.24. The minimum atomic E-state index is -0.349. The van der Waals surface area contributed by atoms with E-state index in [9.17, 15) is 9.18 Å². The Bertz CT molecular complexity index is 983.